The van der Waals surface area contributed by atoms with Gasteiger partial charge in [-0.25, -0.2) is 26.7 Å². The second-order valence-corrected chi connectivity index (χ2v) is 8.04. The molecule has 0 fully saturated rings. The van der Waals surface area contributed by atoms with Gasteiger partial charge in [-0.05, 0) is 24.6 Å². The third-order valence-electron chi connectivity index (χ3n) is 5.95. The molecule has 11 heteroatoms. The van der Waals surface area contributed by atoms with E-state index in [1.807, 2.05) is 0 Å². The topological polar surface area (TPSA) is 65.5 Å². The molecule has 1 N–H and O–H groups in total. The van der Waals surface area contributed by atoms with Gasteiger partial charge in [0.1, 0.15) is 29.1 Å². The molecule has 35 heavy (non-hydrogen) atoms. The van der Waals surface area contributed by atoms with Gasteiger partial charge in [0.2, 0.25) is 0 Å². The molecular formula is C24H19F5N4O2. The number of urea groups is 1. The molecule has 0 saturated heterocycles. The summed E-state index contributed by atoms with van der Waals surface area (Å²) >= 11 is 0. The van der Waals surface area contributed by atoms with Crippen LogP contribution in [-0.4, -0.2) is 28.9 Å². The van der Waals surface area contributed by atoms with Crippen LogP contribution in [0.4, 0.5) is 32.4 Å². The Balaban J connectivity index is 1.65. The van der Waals surface area contributed by atoms with E-state index in [-0.39, 0.29) is 16.8 Å². The molecule has 2 aromatic carbocycles. The molecule has 0 aliphatic carbocycles. The zero-order chi connectivity index (χ0) is 25.4. The first-order valence-electron chi connectivity index (χ1n) is 10.5. The quantitative estimate of drug-likeness (QED) is 0.521. The number of nitrogens with one attached hydrogen (secondary N) is 1. The Bertz CT molecular complexity index is 1290. The van der Waals surface area contributed by atoms with Crippen LogP contribution in [0.1, 0.15) is 40.0 Å². The van der Waals surface area contributed by atoms with Gasteiger partial charge in [0.25, 0.3) is 5.91 Å². The Morgan fingerprint density at radius 1 is 0.971 bits per heavy atom. The van der Waals surface area contributed by atoms with Gasteiger partial charge in [-0.3, -0.25) is 14.7 Å². The Labute approximate surface area is 197 Å². The molecule has 3 amide bonds. The van der Waals surface area contributed by atoms with Gasteiger partial charge in [0.15, 0.2) is 0 Å². The molecule has 1 aromatic heterocycles. The maximum atomic E-state index is 14.2. The summed E-state index contributed by atoms with van der Waals surface area (Å²) in [4.78, 5) is 31.7. The van der Waals surface area contributed by atoms with Gasteiger partial charge < -0.3 is 10.2 Å². The van der Waals surface area contributed by atoms with Crippen molar-refractivity contribution in [2.75, 3.05) is 11.9 Å². The van der Waals surface area contributed by atoms with Gasteiger partial charge in [-0.1, -0.05) is 6.07 Å². The van der Waals surface area contributed by atoms with Gasteiger partial charge in [0.05, 0.1) is 30.7 Å². The van der Waals surface area contributed by atoms with Crippen molar-refractivity contribution in [1.82, 2.24) is 15.2 Å². The normalized spacial score (nSPS) is 15.3. The van der Waals surface area contributed by atoms with Crippen LogP contribution in [0.2, 0.25) is 0 Å². The van der Waals surface area contributed by atoms with Gasteiger partial charge in [0, 0.05) is 42.4 Å². The molecule has 2 heterocycles. The van der Waals surface area contributed by atoms with E-state index in [9.17, 15) is 31.5 Å². The van der Waals surface area contributed by atoms with E-state index in [0.29, 0.717) is 17.7 Å². The van der Waals surface area contributed by atoms with Crippen LogP contribution in [0.15, 0.2) is 42.7 Å². The van der Waals surface area contributed by atoms with Crippen LogP contribution in [0.3, 0.4) is 0 Å². The number of benzene rings is 2. The summed E-state index contributed by atoms with van der Waals surface area (Å²) in [6.07, 6.45) is 1.66. The molecule has 1 aliphatic heterocycles. The lowest BCUT2D eigenvalue weighted by Gasteiger charge is -2.39. The second kappa shape index (κ2) is 9.32. The minimum atomic E-state index is -1.15. The minimum absolute atomic E-state index is 0.0388. The number of hydrogen-bond donors (Lipinski definition) is 1. The molecule has 0 spiro atoms. The van der Waals surface area contributed by atoms with Crippen LogP contribution >= 0.6 is 0 Å². The summed E-state index contributed by atoms with van der Waals surface area (Å²) in [6.45, 7) is 0.741. The van der Waals surface area contributed by atoms with E-state index >= 15 is 0 Å². The molecule has 182 valence electrons. The van der Waals surface area contributed by atoms with Gasteiger partial charge in [-0.2, -0.15) is 0 Å². The van der Waals surface area contributed by atoms with E-state index in [1.54, 1.807) is 13.0 Å². The van der Waals surface area contributed by atoms with Crippen molar-refractivity contribution >= 4 is 17.6 Å². The lowest BCUT2D eigenvalue weighted by Crippen LogP contribution is -2.47. The first-order chi connectivity index (χ1) is 16.6. The number of rotatable bonds is 5. The number of hydrogen-bond acceptors (Lipinski definition) is 3. The van der Waals surface area contributed by atoms with E-state index < -0.39 is 65.7 Å². The fourth-order valence-corrected chi connectivity index (χ4v) is 3.85. The third kappa shape index (κ3) is 4.53. The number of amides is 3. The maximum Gasteiger partial charge on any atom is 0.325 e. The van der Waals surface area contributed by atoms with Crippen molar-refractivity contribution in [3.05, 3.63) is 94.1 Å². The highest BCUT2D eigenvalue weighted by Gasteiger charge is 2.34. The fourth-order valence-electron chi connectivity index (χ4n) is 3.85. The smallest absolute Gasteiger partial charge is 0.325 e. The summed E-state index contributed by atoms with van der Waals surface area (Å²) < 4.78 is 69.4. The monoisotopic (exact) mass is 490 g/mol. The van der Waals surface area contributed by atoms with Crippen molar-refractivity contribution in [2.45, 2.75) is 26.1 Å². The molecule has 4 rings (SSSR count). The Kier molecular flexibility index (Phi) is 6.42. The summed E-state index contributed by atoms with van der Waals surface area (Å²) in [7, 11) is 1.54. The van der Waals surface area contributed by atoms with Gasteiger partial charge >= 0.3 is 6.03 Å². The van der Waals surface area contributed by atoms with E-state index in [0.717, 1.165) is 17.3 Å². The number of aromatic nitrogens is 1. The van der Waals surface area contributed by atoms with E-state index in [2.05, 4.69) is 10.3 Å². The number of carbonyl (C=O) groups excluding carboxylic acids is 2. The zero-order valence-corrected chi connectivity index (χ0v) is 18.6. The van der Waals surface area contributed by atoms with E-state index in [1.165, 1.54) is 24.1 Å². The second-order valence-electron chi connectivity index (χ2n) is 8.04. The predicted octanol–water partition coefficient (Wildman–Crippen LogP) is 4.84. The Morgan fingerprint density at radius 3 is 2.23 bits per heavy atom. The molecule has 0 saturated carbocycles. The van der Waals surface area contributed by atoms with Crippen LogP contribution < -0.4 is 10.2 Å². The van der Waals surface area contributed by atoms with E-state index in [4.69, 9.17) is 0 Å². The van der Waals surface area contributed by atoms with Crippen LogP contribution in [0.5, 0.6) is 0 Å². The number of anilines is 1. The van der Waals surface area contributed by atoms with Crippen LogP contribution in [-0.2, 0) is 13.1 Å². The average Bonchev–Trinajstić information content (AvgIpc) is 2.80. The van der Waals surface area contributed by atoms with Gasteiger partial charge in [-0.15, -0.1) is 0 Å². The number of carbonyl (C=O) groups is 2. The molecule has 1 aliphatic rings. The number of fused-ring (bicyclic) bond motifs is 1. The minimum Gasteiger partial charge on any atom is -0.348 e. The Hall–Kier alpha value is -4.02. The highest BCUT2D eigenvalue weighted by Crippen LogP contribution is 2.37. The fraction of sp³-hybridized carbons (Fsp3) is 0.208. The number of pyridine rings is 1. The molecular weight excluding hydrogens is 471 g/mol. The molecule has 0 unspecified atom stereocenters. The average molecular weight is 490 g/mol. The number of nitrogens with zero attached hydrogens (tertiary/aromatic N) is 3. The summed E-state index contributed by atoms with van der Waals surface area (Å²) in [5.74, 6) is -5.98. The van der Waals surface area contributed by atoms with Crippen molar-refractivity contribution < 1.29 is 31.5 Å². The molecule has 0 radical (unpaired) electrons. The first kappa shape index (κ1) is 24.1. The van der Waals surface area contributed by atoms with Crippen LogP contribution in [0.25, 0.3) is 0 Å². The van der Waals surface area contributed by atoms with Crippen molar-refractivity contribution in [3.63, 3.8) is 0 Å². The molecule has 1 atom stereocenters. The maximum absolute atomic E-state index is 14.2. The molecule has 6 nitrogen and oxygen atoms in total. The highest BCUT2D eigenvalue weighted by atomic mass is 19.2. The molecule has 0 bridgehead atoms. The third-order valence-corrected chi connectivity index (χ3v) is 5.95. The predicted molar refractivity (Wildman–Crippen MR) is 116 cm³/mol. The first-order valence-corrected chi connectivity index (χ1v) is 10.5. The molecule has 3 aromatic rings. The van der Waals surface area contributed by atoms with Crippen molar-refractivity contribution in [2.24, 2.45) is 0 Å². The summed E-state index contributed by atoms with van der Waals surface area (Å²) in [5.41, 5.74) is 0.0156. The lowest BCUT2D eigenvalue weighted by atomic mass is 9.98. The zero-order valence-electron chi connectivity index (χ0n) is 18.6. The van der Waals surface area contributed by atoms with Crippen LogP contribution in [0, 0.1) is 29.1 Å². The van der Waals surface area contributed by atoms with Crippen molar-refractivity contribution in [3.8, 4) is 0 Å². The lowest BCUT2D eigenvalue weighted by molar-refractivity contribution is 0.0950. The van der Waals surface area contributed by atoms with Crippen molar-refractivity contribution in [1.29, 1.82) is 0 Å². The summed E-state index contributed by atoms with van der Waals surface area (Å²) in [5, 5.41) is 2.35. The highest BCUT2D eigenvalue weighted by molar-refractivity contribution is 5.99. The summed E-state index contributed by atoms with van der Waals surface area (Å²) in [6, 6.07) is 4.46. The Morgan fingerprint density at radius 2 is 1.60 bits per heavy atom. The SMILES string of the molecule is C[C@H]1c2ccc(C(=O)NCc3c(F)cc(F)cc3F)cc2N(Cc2c(F)cncc2F)C(=O)N1C. The largest absolute Gasteiger partial charge is 0.348 e. The standard InChI is InChI=1S/C24H19F5N4O2/c1-12-15-4-3-13(23(34)31-8-16-18(26)6-14(25)7-19(16)27)5-22(15)33(24(35)32(12)2)11-17-20(28)9-30-10-21(17)29/h3-7,9-10,12H,8,11H2,1-2H3,(H,31,34)/t12-/m0/s1. The number of halogens is 5.